The van der Waals surface area contributed by atoms with Crippen molar-refractivity contribution in [2.75, 3.05) is 80.8 Å². The van der Waals surface area contributed by atoms with Gasteiger partial charge in [-0.2, -0.15) is 0 Å². The average Bonchev–Trinajstić information content (AvgIpc) is 3.35. The number of ether oxygens (including phenoxy) is 10. The molecule has 10 bridgehead atoms. The summed E-state index contributed by atoms with van der Waals surface area (Å²) in [5, 5.41) is 2.01. The second kappa shape index (κ2) is 26.0. The fourth-order valence-electron chi connectivity index (χ4n) is 8.88. The Morgan fingerprint density at radius 2 is 0.448 bits per heavy atom. The quantitative estimate of drug-likeness (QED) is 0.0483. The van der Waals surface area contributed by atoms with Crippen LogP contribution < -0.4 is 47.4 Å². The molecule has 0 amide bonds. The number of alkyl halides is 2. The lowest BCUT2D eigenvalue weighted by molar-refractivity contribution is 0.292. The third kappa shape index (κ3) is 13.2. The van der Waals surface area contributed by atoms with Gasteiger partial charge in [-0.05, 0) is 86.3 Å². The lowest BCUT2D eigenvalue weighted by Gasteiger charge is -2.21. The number of methoxy groups -OCH3 is 8. The van der Waals surface area contributed by atoms with Gasteiger partial charge < -0.3 is 47.4 Å². The zero-order valence-electron chi connectivity index (χ0n) is 40.6. The molecule has 15 rings (SSSR count). The maximum Gasteiger partial charge on any atom is 0.123 e. The van der Waals surface area contributed by atoms with Crippen LogP contribution in [0.25, 0.3) is 0 Å². The fraction of sp³-hybridized carbons (Fsp3) is 0.455. The number of hydrogen-bond acceptors (Lipinski definition) is 10. The van der Waals surface area contributed by atoms with E-state index in [0.29, 0.717) is 45.3 Å². The summed E-state index contributed by atoms with van der Waals surface area (Å²) in [6.07, 6.45) is 11.2. The van der Waals surface area contributed by atoms with Crippen LogP contribution >= 0.6 is 31.9 Å². The minimum atomic E-state index is 0.503. The summed E-state index contributed by atoms with van der Waals surface area (Å²) in [7, 11) is 13.6. The highest BCUT2D eigenvalue weighted by molar-refractivity contribution is 9.09. The second-order valence-corrected chi connectivity index (χ2v) is 18.3. The van der Waals surface area contributed by atoms with Crippen molar-refractivity contribution < 1.29 is 47.4 Å². The van der Waals surface area contributed by atoms with Gasteiger partial charge in [0, 0.05) is 98.4 Å². The van der Waals surface area contributed by atoms with Crippen LogP contribution in [0.2, 0.25) is 0 Å². The minimum Gasteiger partial charge on any atom is -0.496 e. The number of unbranched alkanes of at least 4 members (excludes halogenated alkanes) is 6. The Kier molecular flexibility index (Phi) is 20.0. The topological polar surface area (TPSA) is 92.3 Å². The Morgan fingerprint density at radius 1 is 0.269 bits per heavy atom. The van der Waals surface area contributed by atoms with Crippen molar-refractivity contribution >= 4 is 31.9 Å². The molecule has 0 heterocycles. The van der Waals surface area contributed by atoms with E-state index in [9.17, 15) is 0 Å². The van der Waals surface area contributed by atoms with Gasteiger partial charge in [-0.1, -0.05) is 57.5 Å². The minimum absolute atomic E-state index is 0.503. The maximum absolute atomic E-state index is 6.77. The Morgan fingerprint density at radius 3 is 0.642 bits per heavy atom. The first kappa shape index (κ1) is 51.5. The van der Waals surface area contributed by atoms with Gasteiger partial charge in [0.25, 0.3) is 0 Å². The van der Waals surface area contributed by atoms with E-state index in [1.54, 1.807) is 56.9 Å². The zero-order valence-corrected chi connectivity index (χ0v) is 43.8. The number of hydrogen-bond donors (Lipinski definition) is 0. The zero-order chi connectivity index (χ0) is 47.7. The molecule has 5 aromatic carbocycles. The summed E-state index contributed by atoms with van der Waals surface area (Å²) in [4.78, 5) is 0. The monoisotopic (exact) mass is 1050 g/mol. The molecule has 0 spiro atoms. The number of benzene rings is 5. The van der Waals surface area contributed by atoms with Crippen molar-refractivity contribution in [2.45, 2.75) is 83.5 Å². The predicted molar refractivity (Wildman–Crippen MR) is 274 cm³/mol. The number of rotatable bonds is 22. The van der Waals surface area contributed by atoms with Crippen molar-refractivity contribution in [3.8, 4) is 57.5 Å². The summed E-state index contributed by atoms with van der Waals surface area (Å²) >= 11 is 7.16. The Labute approximate surface area is 415 Å². The smallest absolute Gasteiger partial charge is 0.123 e. The molecule has 5 aromatic rings. The fourth-order valence-corrected chi connectivity index (χ4v) is 9.67. The standard InChI is InChI=1S/C55H68Br2O10/c1-58-46-28-38-22-40-30-52(64-7)42(32-50(40)62-5)24-44-34-55(67-20-16-12-10-14-18-57)45(35-54(44)66-19-15-11-9-13-17-56)25-43-33-51(63-6)41(31-53(43)65-8)23-39-29-47(59-2)37(27-49(39)61-4)21-36(46)26-48(38)60-3/h26-35H,9-25H2,1-8H3. The van der Waals surface area contributed by atoms with E-state index in [-0.39, 0.29) is 0 Å². The highest BCUT2D eigenvalue weighted by Gasteiger charge is 2.23. The van der Waals surface area contributed by atoms with E-state index >= 15 is 0 Å². The van der Waals surface area contributed by atoms with Crippen LogP contribution in [0.1, 0.15) is 107 Å². The van der Waals surface area contributed by atoms with Crippen LogP contribution in [0, 0.1) is 0 Å². The van der Waals surface area contributed by atoms with E-state index in [1.165, 1.54) is 0 Å². The summed E-state index contributed by atoms with van der Waals surface area (Å²) in [5.41, 5.74) is 9.54. The SMILES string of the molecule is COc1cc2c(OC)cc1Cc1cc(OC)c(cc1OC)Cc1cc(OC)c(cc1OC)Cc1cc(OCCCCCCBr)c(cc1OCCCCCCBr)Cc1cc(OC)c(cc1OC)C2. The molecule has 10 aliphatic rings. The van der Waals surface area contributed by atoms with Crippen LogP contribution in [-0.2, 0) is 32.1 Å². The van der Waals surface area contributed by atoms with Crippen molar-refractivity contribution in [2.24, 2.45) is 0 Å². The summed E-state index contributed by atoms with van der Waals surface area (Å²) in [5.74, 6) is 7.46. The molecule has 10 aliphatic carbocycles. The van der Waals surface area contributed by atoms with Gasteiger partial charge in [0.05, 0.1) is 70.1 Å². The summed E-state index contributed by atoms with van der Waals surface area (Å²) < 4.78 is 62.4. The molecular formula is C55H68Br2O10. The molecule has 0 saturated carbocycles. The summed E-state index contributed by atoms with van der Waals surface area (Å²) in [6, 6.07) is 20.8. The van der Waals surface area contributed by atoms with Crippen molar-refractivity contribution in [3.63, 3.8) is 0 Å². The predicted octanol–water partition coefficient (Wildman–Crippen LogP) is 12.7. The van der Waals surface area contributed by atoms with Crippen LogP contribution in [-0.4, -0.2) is 80.8 Å². The third-order valence-corrected chi connectivity index (χ3v) is 13.6. The number of halogens is 2. The summed E-state index contributed by atoms with van der Waals surface area (Å²) in [6.45, 7) is 1.18. The lowest BCUT2D eigenvalue weighted by atomic mass is 9.94. The Hall–Kier alpha value is -4.94. The van der Waals surface area contributed by atoms with Crippen molar-refractivity contribution in [1.29, 1.82) is 0 Å². The van der Waals surface area contributed by atoms with Crippen molar-refractivity contribution in [3.05, 3.63) is 116 Å². The average molecular weight is 1050 g/mol. The molecule has 0 unspecified atom stereocenters. The van der Waals surface area contributed by atoms with Crippen LogP contribution in [0.15, 0.2) is 60.7 Å². The largest absolute Gasteiger partial charge is 0.496 e. The third-order valence-electron chi connectivity index (χ3n) is 12.5. The molecule has 0 atom stereocenters. The molecule has 10 nitrogen and oxygen atoms in total. The van der Waals surface area contributed by atoms with Crippen molar-refractivity contribution in [1.82, 2.24) is 0 Å². The lowest BCUT2D eigenvalue weighted by Crippen LogP contribution is -2.08. The Bertz CT molecular complexity index is 2230. The molecule has 67 heavy (non-hydrogen) atoms. The molecule has 0 N–H and O–H groups in total. The van der Waals surface area contributed by atoms with Gasteiger partial charge in [-0.3, -0.25) is 0 Å². The van der Waals surface area contributed by atoms with Crippen LogP contribution in [0.3, 0.4) is 0 Å². The van der Waals surface area contributed by atoms with Crippen LogP contribution in [0.5, 0.6) is 57.5 Å². The maximum atomic E-state index is 6.77. The highest BCUT2D eigenvalue weighted by atomic mass is 79.9. The molecule has 362 valence electrons. The molecule has 0 radical (unpaired) electrons. The van der Waals surface area contributed by atoms with Gasteiger partial charge in [0.1, 0.15) is 57.5 Å². The normalized spacial score (nSPS) is 12.1. The van der Waals surface area contributed by atoms with Gasteiger partial charge in [0.15, 0.2) is 0 Å². The molecule has 12 heteroatoms. The van der Waals surface area contributed by atoms with Gasteiger partial charge >= 0.3 is 0 Å². The van der Waals surface area contributed by atoms with E-state index in [0.717, 1.165) is 175 Å². The van der Waals surface area contributed by atoms with E-state index < -0.39 is 0 Å². The molecular weight excluding hydrogens is 980 g/mol. The first-order chi connectivity index (χ1) is 32.7. The van der Waals surface area contributed by atoms with Gasteiger partial charge in [-0.25, -0.2) is 0 Å². The second-order valence-electron chi connectivity index (χ2n) is 16.8. The molecule has 0 fully saturated rings. The van der Waals surface area contributed by atoms with Gasteiger partial charge in [-0.15, -0.1) is 0 Å². The van der Waals surface area contributed by atoms with E-state index in [2.05, 4.69) is 68.3 Å². The van der Waals surface area contributed by atoms with E-state index in [4.69, 9.17) is 47.4 Å². The highest BCUT2D eigenvalue weighted by Crippen LogP contribution is 2.42. The van der Waals surface area contributed by atoms with E-state index in [1.807, 2.05) is 24.3 Å². The van der Waals surface area contributed by atoms with Gasteiger partial charge in [0.2, 0.25) is 0 Å². The molecule has 0 saturated heterocycles. The van der Waals surface area contributed by atoms with Crippen LogP contribution in [0.4, 0.5) is 0 Å². The molecule has 0 aromatic heterocycles. The first-order valence-electron chi connectivity index (χ1n) is 23.2. The first-order valence-corrected chi connectivity index (χ1v) is 25.5. The Balaban J connectivity index is 1.57. The molecule has 0 aliphatic heterocycles.